The van der Waals surface area contributed by atoms with Gasteiger partial charge in [-0.05, 0) is 17.7 Å². The van der Waals surface area contributed by atoms with Crippen molar-refractivity contribution in [2.24, 2.45) is 0 Å². The van der Waals surface area contributed by atoms with Crippen molar-refractivity contribution >= 4 is 22.5 Å². The number of alkyl halides is 5. The van der Waals surface area contributed by atoms with Crippen molar-refractivity contribution in [2.45, 2.75) is 37.4 Å². The Balaban J connectivity index is 1.69. The molecule has 1 aliphatic rings. The van der Waals surface area contributed by atoms with E-state index < -0.39 is 49.9 Å². The molecule has 31 heavy (non-hydrogen) atoms. The lowest BCUT2D eigenvalue weighted by molar-refractivity contribution is -0.133. The Morgan fingerprint density at radius 3 is 2.61 bits per heavy atom. The number of fused-ring (bicyclic) bond motifs is 1. The molecule has 1 aliphatic carbocycles. The maximum atomic E-state index is 13.3. The van der Waals surface area contributed by atoms with Crippen LogP contribution >= 0.6 is 0 Å². The Morgan fingerprint density at radius 2 is 1.97 bits per heavy atom. The molecule has 1 fully saturated rings. The quantitative estimate of drug-likeness (QED) is 0.494. The first kappa shape index (κ1) is 21.0. The van der Waals surface area contributed by atoms with Gasteiger partial charge in [0.2, 0.25) is 0 Å². The number of carbonyl (C=O) groups excluding carboxylic acids is 1. The zero-order chi connectivity index (χ0) is 22.2. The molecule has 3 aromatic rings. The third-order valence-corrected chi connectivity index (χ3v) is 5.08. The molecule has 2 heterocycles. The fourth-order valence-corrected chi connectivity index (χ4v) is 3.49. The van der Waals surface area contributed by atoms with Crippen molar-refractivity contribution in [1.29, 1.82) is 0 Å². The first-order valence-electron chi connectivity index (χ1n) is 9.52. The van der Waals surface area contributed by atoms with Crippen LogP contribution in [0, 0.1) is 0 Å². The second kappa shape index (κ2) is 7.78. The number of hydrogen-bond acceptors (Lipinski definition) is 4. The number of pyridine rings is 1. The van der Waals surface area contributed by atoms with Gasteiger partial charge in [-0.15, -0.1) is 0 Å². The molecule has 0 radical (unpaired) electrons. The lowest BCUT2D eigenvalue weighted by Gasteiger charge is -2.36. The maximum absolute atomic E-state index is 13.3. The Labute approximate surface area is 173 Å². The van der Waals surface area contributed by atoms with Crippen molar-refractivity contribution in [3.05, 3.63) is 42.4 Å². The number of benzene rings is 1. The van der Waals surface area contributed by atoms with Crippen LogP contribution in [0.4, 0.5) is 27.6 Å². The first-order valence-corrected chi connectivity index (χ1v) is 9.52. The van der Waals surface area contributed by atoms with E-state index in [9.17, 15) is 26.7 Å². The van der Waals surface area contributed by atoms with Gasteiger partial charge in [-0.1, -0.05) is 6.07 Å². The fourth-order valence-electron chi connectivity index (χ4n) is 3.49. The molecule has 0 unspecified atom stereocenters. The van der Waals surface area contributed by atoms with E-state index in [2.05, 4.69) is 25.8 Å². The SMILES string of the molecule is O=C(NCCC(F)(F)F)c1cnc2ccc(-c3cn[nH]c3)cc2c1NC1CC(F)(F)C1. The molecule has 6 nitrogen and oxygen atoms in total. The van der Waals surface area contributed by atoms with Crippen molar-refractivity contribution < 1.29 is 26.7 Å². The minimum absolute atomic E-state index is 0.00534. The molecule has 1 amide bonds. The number of nitrogens with one attached hydrogen (secondary N) is 3. The highest BCUT2D eigenvalue weighted by atomic mass is 19.4. The summed E-state index contributed by atoms with van der Waals surface area (Å²) in [5.74, 6) is -3.54. The van der Waals surface area contributed by atoms with Gasteiger partial charge in [-0.2, -0.15) is 18.3 Å². The van der Waals surface area contributed by atoms with Crippen LogP contribution in [0.3, 0.4) is 0 Å². The Kier molecular flexibility index (Phi) is 5.28. The maximum Gasteiger partial charge on any atom is 0.390 e. The zero-order valence-electron chi connectivity index (χ0n) is 16.1. The minimum atomic E-state index is -4.41. The average molecular weight is 439 g/mol. The van der Waals surface area contributed by atoms with Gasteiger partial charge in [-0.3, -0.25) is 14.9 Å². The number of amides is 1. The molecule has 164 valence electrons. The standard InChI is InChI=1S/C20H18F5N5O/c21-19(22)6-13(7-19)30-17-14-5-11(12-8-28-29-9-12)1-2-16(14)27-10-15(17)18(31)26-4-3-20(23,24)25/h1-2,5,8-10,13H,3-4,6-7H2,(H,26,31)(H,27,30)(H,28,29). The molecular weight excluding hydrogens is 421 g/mol. The summed E-state index contributed by atoms with van der Waals surface area (Å²) in [4.78, 5) is 16.8. The predicted molar refractivity (Wildman–Crippen MR) is 104 cm³/mol. The van der Waals surface area contributed by atoms with Crippen molar-refractivity contribution in [2.75, 3.05) is 11.9 Å². The summed E-state index contributed by atoms with van der Waals surface area (Å²) in [5.41, 5.74) is 2.28. The Morgan fingerprint density at radius 1 is 1.19 bits per heavy atom. The van der Waals surface area contributed by atoms with E-state index in [1.807, 2.05) is 0 Å². The molecule has 0 saturated heterocycles. The minimum Gasteiger partial charge on any atom is -0.381 e. The second-order valence-corrected chi connectivity index (χ2v) is 7.49. The highest BCUT2D eigenvalue weighted by Gasteiger charge is 2.45. The van der Waals surface area contributed by atoms with Crippen LogP contribution in [-0.4, -0.2) is 45.8 Å². The van der Waals surface area contributed by atoms with E-state index in [1.54, 1.807) is 30.6 Å². The van der Waals surface area contributed by atoms with Crippen LogP contribution in [0.2, 0.25) is 0 Å². The lowest BCUT2D eigenvalue weighted by Crippen LogP contribution is -2.44. The van der Waals surface area contributed by atoms with E-state index in [-0.39, 0.29) is 11.3 Å². The topological polar surface area (TPSA) is 82.7 Å². The zero-order valence-corrected chi connectivity index (χ0v) is 16.1. The van der Waals surface area contributed by atoms with Crippen LogP contribution < -0.4 is 10.6 Å². The summed E-state index contributed by atoms with van der Waals surface area (Å²) in [6.45, 7) is -0.601. The third kappa shape index (κ3) is 4.75. The molecule has 11 heteroatoms. The molecule has 0 bridgehead atoms. The number of anilines is 1. The van der Waals surface area contributed by atoms with E-state index >= 15 is 0 Å². The van der Waals surface area contributed by atoms with Crippen molar-refractivity contribution in [3.8, 4) is 11.1 Å². The molecule has 2 aromatic heterocycles. The summed E-state index contributed by atoms with van der Waals surface area (Å²) >= 11 is 0. The number of carbonyl (C=O) groups is 1. The fraction of sp³-hybridized carbons (Fsp3) is 0.350. The van der Waals surface area contributed by atoms with Crippen LogP contribution in [-0.2, 0) is 0 Å². The lowest BCUT2D eigenvalue weighted by atomic mass is 9.87. The number of aromatic nitrogens is 3. The van der Waals surface area contributed by atoms with Gasteiger partial charge in [0.05, 0.1) is 29.4 Å². The smallest absolute Gasteiger partial charge is 0.381 e. The summed E-state index contributed by atoms with van der Waals surface area (Å²) in [7, 11) is 0. The Hall–Kier alpha value is -3.24. The van der Waals surface area contributed by atoms with E-state index in [0.717, 1.165) is 11.1 Å². The number of halogens is 5. The second-order valence-electron chi connectivity index (χ2n) is 7.49. The molecular formula is C20H18F5N5O. The first-order chi connectivity index (χ1) is 14.6. The van der Waals surface area contributed by atoms with Gasteiger partial charge in [0.15, 0.2) is 0 Å². The van der Waals surface area contributed by atoms with Gasteiger partial charge in [0, 0.05) is 48.8 Å². The molecule has 1 aromatic carbocycles. The third-order valence-electron chi connectivity index (χ3n) is 5.08. The molecule has 0 spiro atoms. The van der Waals surface area contributed by atoms with Crippen LogP contribution in [0.5, 0.6) is 0 Å². The van der Waals surface area contributed by atoms with Gasteiger partial charge in [0.1, 0.15) is 0 Å². The summed E-state index contributed by atoms with van der Waals surface area (Å²) < 4.78 is 63.9. The largest absolute Gasteiger partial charge is 0.390 e. The van der Waals surface area contributed by atoms with E-state index in [0.29, 0.717) is 10.9 Å². The summed E-state index contributed by atoms with van der Waals surface area (Å²) in [6.07, 6.45) is -1.87. The highest BCUT2D eigenvalue weighted by molar-refractivity contribution is 6.07. The normalized spacial score (nSPS) is 16.2. The van der Waals surface area contributed by atoms with Crippen molar-refractivity contribution in [3.63, 3.8) is 0 Å². The number of H-pyrrole nitrogens is 1. The van der Waals surface area contributed by atoms with E-state index in [1.165, 1.54) is 6.20 Å². The summed E-state index contributed by atoms with van der Waals surface area (Å²) in [6, 6.07) is 4.67. The Bertz CT molecular complexity index is 1090. The number of hydrogen-bond donors (Lipinski definition) is 3. The molecule has 3 N–H and O–H groups in total. The average Bonchev–Trinajstić information content (AvgIpc) is 3.20. The molecule has 4 rings (SSSR count). The highest BCUT2D eigenvalue weighted by Crippen LogP contribution is 2.41. The molecule has 0 aliphatic heterocycles. The number of nitrogens with zero attached hydrogens (tertiary/aromatic N) is 2. The summed E-state index contributed by atoms with van der Waals surface area (Å²) in [5, 5.41) is 12.3. The predicted octanol–water partition coefficient (Wildman–Crippen LogP) is 4.52. The van der Waals surface area contributed by atoms with Crippen LogP contribution in [0.25, 0.3) is 22.0 Å². The van der Waals surface area contributed by atoms with Gasteiger partial charge in [-0.25, -0.2) is 8.78 Å². The molecule has 1 saturated carbocycles. The van der Waals surface area contributed by atoms with Gasteiger partial charge in [0.25, 0.3) is 11.8 Å². The number of aromatic amines is 1. The number of rotatable bonds is 6. The van der Waals surface area contributed by atoms with Crippen molar-refractivity contribution in [1.82, 2.24) is 20.5 Å². The van der Waals surface area contributed by atoms with Crippen LogP contribution in [0.15, 0.2) is 36.8 Å². The van der Waals surface area contributed by atoms with Crippen LogP contribution in [0.1, 0.15) is 29.6 Å². The van der Waals surface area contributed by atoms with Gasteiger partial charge >= 0.3 is 6.18 Å². The van der Waals surface area contributed by atoms with E-state index in [4.69, 9.17) is 0 Å². The molecule has 0 atom stereocenters. The monoisotopic (exact) mass is 439 g/mol. The van der Waals surface area contributed by atoms with Gasteiger partial charge < -0.3 is 10.6 Å².